The summed E-state index contributed by atoms with van der Waals surface area (Å²) in [7, 11) is 0. The predicted molar refractivity (Wildman–Crippen MR) is 102 cm³/mol. The predicted octanol–water partition coefficient (Wildman–Crippen LogP) is 6.05. The smallest absolute Gasteiger partial charge is 0.189 e. The number of benzene rings is 2. The molecule has 0 saturated heterocycles. The number of allylic oxidation sites excluding steroid dienone is 2. The number of hydrogen-bond acceptors (Lipinski definition) is 2. The van der Waals surface area contributed by atoms with Gasteiger partial charge >= 0.3 is 0 Å². The highest BCUT2D eigenvalue weighted by molar-refractivity contribution is 8.02. The quantitative estimate of drug-likeness (QED) is 0.622. The lowest BCUT2D eigenvalue weighted by molar-refractivity contribution is 0.101. The van der Waals surface area contributed by atoms with E-state index in [1.54, 1.807) is 0 Å². The monoisotopic (exact) mass is 332 g/mol. The van der Waals surface area contributed by atoms with Crippen LogP contribution in [0, 0.1) is 5.41 Å². The van der Waals surface area contributed by atoms with Gasteiger partial charge in [-0.25, -0.2) is 0 Å². The Morgan fingerprint density at radius 2 is 1.79 bits per heavy atom. The SMILES string of the molecule is CC1=CSC2CC1(C)C(C(=O)c1ccccc1)=Cc1ccccc12. The summed E-state index contributed by atoms with van der Waals surface area (Å²) in [5, 5.41) is 2.66. The van der Waals surface area contributed by atoms with Crippen LogP contribution in [0.1, 0.15) is 47.0 Å². The van der Waals surface area contributed by atoms with E-state index in [9.17, 15) is 4.79 Å². The lowest BCUT2D eigenvalue weighted by atomic mass is 9.71. The zero-order chi connectivity index (χ0) is 16.7. The van der Waals surface area contributed by atoms with Crippen molar-refractivity contribution in [2.24, 2.45) is 5.41 Å². The molecule has 24 heavy (non-hydrogen) atoms. The van der Waals surface area contributed by atoms with Crippen LogP contribution >= 0.6 is 11.8 Å². The number of Topliss-reactive ketones (excluding diaryl/α,β-unsaturated/α-hetero) is 1. The normalized spacial score (nSPS) is 25.2. The summed E-state index contributed by atoms with van der Waals surface area (Å²) in [6.07, 6.45) is 3.11. The molecule has 0 amide bonds. The standard InChI is InChI=1S/C22H20OS/c1-15-14-24-20-13-22(15,2)19(12-17-10-6-7-11-18(17)20)21(23)16-8-4-3-5-9-16/h3-12,14,20H,13H2,1-2H3. The molecule has 2 atom stereocenters. The molecule has 0 aromatic heterocycles. The molecule has 0 N–H and O–H groups in total. The number of fused-ring (bicyclic) bond motifs is 4. The molecule has 2 aromatic carbocycles. The van der Waals surface area contributed by atoms with E-state index in [0.717, 1.165) is 17.6 Å². The molecule has 0 fully saturated rings. The maximum Gasteiger partial charge on any atom is 0.189 e. The van der Waals surface area contributed by atoms with E-state index in [-0.39, 0.29) is 11.2 Å². The van der Waals surface area contributed by atoms with Crippen LogP contribution in [0.4, 0.5) is 0 Å². The average molecular weight is 332 g/mol. The summed E-state index contributed by atoms with van der Waals surface area (Å²) < 4.78 is 0. The first-order valence-electron chi connectivity index (χ1n) is 8.33. The van der Waals surface area contributed by atoms with Crippen LogP contribution < -0.4 is 0 Å². The molecule has 1 heterocycles. The van der Waals surface area contributed by atoms with Crippen LogP contribution in [0.25, 0.3) is 6.08 Å². The van der Waals surface area contributed by atoms with Crippen LogP contribution in [0.2, 0.25) is 0 Å². The van der Waals surface area contributed by atoms with Gasteiger partial charge in [0.1, 0.15) is 0 Å². The molecular formula is C22H20OS. The van der Waals surface area contributed by atoms with Gasteiger partial charge in [-0.05, 0) is 36.0 Å². The van der Waals surface area contributed by atoms with E-state index < -0.39 is 0 Å². The second-order valence-corrected chi connectivity index (χ2v) is 7.92. The fraction of sp³-hybridized carbons (Fsp3) is 0.227. The van der Waals surface area contributed by atoms with Gasteiger partial charge in [0.15, 0.2) is 5.78 Å². The number of rotatable bonds is 2. The van der Waals surface area contributed by atoms with E-state index in [0.29, 0.717) is 5.25 Å². The van der Waals surface area contributed by atoms with Gasteiger partial charge in [-0.2, -0.15) is 0 Å². The van der Waals surface area contributed by atoms with Crippen molar-refractivity contribution in [1.29, 1.82) is 0 Å². The third-order valence-corrected chi connectivity index (χ3v) is 6.63. The fourth-order valence-corrected chi connectivity index (χ4v) is 5.13. The number of carbonyl (C=O) groups excluding carboxylic acids is 1. The average Bonchev–Trinajstić information content (AvgIpc) is 2.72. The van der Waals surface area contributed by atoms with Crippen LogP contribution in [0.5, 0.6) is 0 Å². The van der Waals surface area contributed by atoms with E-state index in [2.05, 4.69) is 49.6 Å². The van der Waals surface area contributed by atoms with Gasteiger partial charge in [-0.1, -0.05) is 67.1 Å². The van der Waals surface area contributed by atoms with Crippen molar-refractivity contribution < 1.29 is 4.79 Å². The zero-order valence-corrected chi connectivity index (χ0v) is 14.8. The number of ketones is 1. The Morgan fingerprint density at radius 1 is 1.08 bits per heavy atom. The van der Waals surface area contributed by atoms with E-state index in [4.69, 9.17) is 0 Å². The maximum atomic E-state index is 13.3. The van der Waals surface area contributed by atoms with Gasteiger partial charge in [-0.3, -0.25) is 4.79 Å². The molecule has 120 valence electrons. The number of hydrogen-bond donors (Lipinski definition) is 0. The summed E-state index contributed by atoms with van der Waals surface area (Å²) in [5.74, 6) is 0.146. The zero-order valence-electron chi connectivity index (χ0n) is 14.0. The molecule has 2 bridgehead atoms. The van der Waals surface area contributed by atoms with Gasteiger partial charge in [0.25, 0.3) is 0 Å². The van der Waals surface area contributed by atoms with Crippen LogP contribution in [-0.4, -0.2) is 5.78 Å². The molecule has 1 aliphatic carbocycles. The lowest BCUT2D eigenvalue weighted by Crippen LogP contribution is -2.28. The third kappa shape index (κ3) is 2.37. The van der Waals surface area contributed by atoms with Crippen molar-refractivity contribution in [3.63, 3.8) is 0 Å². The van der Waals surface area contributed by atoms with Crippen molar-refractivity contribution in [3.8, 4) is 0 Å². The molecule has 1 nitrogen and oxygen atoms in total. The van der Waals surface area contributed by atoms with Crippen LogP contribution in [0.3, 0.4) is 0 Å². The highest BCUT2D eigenvalue weighted by Crippen LogP contribution is 2.56. The van der Waals surface area contributed by atoms with Gasteiger partial charge < -0.3 is 0 Å². The molecule has 2 heteroatoms. The Kier molecular flexibility index (Phi) is 3.73. The number of carbonyl (C=O) groups is 1. The highest BCUT2D eigenvalue weighted by Gasteiger charge is 2.42. The van der Waals surface area contributed by atoms with E-state index in [1.807, 2.05) is 42.1 Å². The minimum absolute atomic E-state index is 0.146. The summed E-state index contributed by atoms with van der Waals surface area (Å²) in [6.45, 7) is 4.38. The minimum Gasteiger partial charge on any atom is -0.289 e. The Morgan fingerprint density at radius 3 is 2.58 bits per heavy atom. The second kappa shape index (κ2) is 5.78. The molecule has 2 aromatic rings. The fourth-order valence-electron chi connectivity index (χ4n) is 3.71. The van der Waals surface area contributed by atoms with Gasteiger partial charge in [0.05, 0.1) is 0 Å². The first kappa shape index (κ1) is 15.5. The summed E-state index contributed by atoms with van der Waals surface area (Å²) in [5.41, 5.74) is 5.29. The van der Waals surface area contributed by atoms with Crippen molar-refractivity contribution in [2.45, 2.75) is 25.5 Å². The Labute approximate surface area is 147 Å². The molecular weight excluding hydrogens is 312 g/mol. The largest absolute Gasteiger partial charge is 0.289 e. The third-order valence-electron chi connectivity index (χ3n) is 5.39. The Balaban J connectivity index is 1.92. The van der Waals surface area contributed by atoms with Crippen LogP contribution in [-0.2, 0) is 0 Å². The summed E-state index contributed by atoms with van der Waals surface area (Å²) in [6, 6.07) is 18.1. The summed E-state index contributed by atoms with van der Waals surface area (Å²) in [4.78, 5) is 13.3. The Bertz CT molecular complexity index is 863. The van der Waals surface area contributed by atoms with Gasteiger partial charge in [-0.15, -0.1) is 11.8 Å². The summed E-state index contributed by atoms with van der Waals surface area (Å²) >= 11 is 1.88. The molecule has 0 radical (unpaired) electrons. The Hall–Kier alpha value is -2.06. The van der Waals surface area contributed by atoms with Gasteiger partial charge in [0.2, 0.25) is 0 Å². The van der Waals surface area contributed by atoms with Crippen molar-refractivity contribution >= 4 is 23.6 Å². The molecule has 1 aliphatic heterocycles. The van der Waals surface area contributed by atoms with Crippen molar-refractivity contribution in [2.75, 3.05) is 0 Å². The molecule has 4 rings (SSSR count). The topological polar surface area (TPSA) is 17.1 Å². The maximum absolute atomic E-state index is 13.3. The molecule has 2 unspecified atom stereocenters. The minimum atomic E-state index is -0.206. The van der Waals surface area contributed by atoms with Crippen LogP contribution in [0.15, 0.2) is 71.2 Å². The van der Waals surface area contributed by atoms with E-state index in [1.165, 1.54) is 16.7 Å². The molecule has 0 spiro atoms. The van der Waals surface area contributed by atoms with Crippen molar-refractivity contribution in [1.82, 2.24) is 0 Å². The first-order chi connectivity index (χ1) is 11.6. The first-order valence-corrected chi connectivity index (χ1v) is 9.27. The van der Waals surface area contributed by atoms with Gasteiger partial charge in [0, 0.05) is 21.8 Å². The molecule has 2 aliphatic rings. The second-order valence-electron chi connectivity index (χ2n) is 6.84. The number of thioether (sulfide) groups is 1. The highest BCUT2D eigenvalue weighted by atomic mass is 32.2. The lowest BCUT2D eigenvalue weighted by Gasteiger charge is -2.38. The molecule has 0 saturated carbocycles. The van der Waals surface area contributed by atoms with E-state index >= 15 is 0 Å². The van der Waals surface area contributed by atoms with Crippen molar-refractivity contribution in [3.05, 3.63) is 87.8 Å².